The third kappa shape index (κ3) is 2.80. The zero-order valence-electron chi connectivity index (χ0n) is 11.2. The van der Waals surface area contributed by atoms with E-state index in [1.165, 1.54) is 44.9 Å². The standard InChI is InChI=1S/C15H28O/c1-4-5-14-10-15(16-12(14)3)13-8-6-11(2)7-9-13/h11-15H,4-10H2,1-3H3. The molecule has 0 spiro atoms. The third-order valence-corrected chi connectivity index (χ3v) is 4.83. The lowest BCUT2D eigenvalue weighted by Gasteiger charge is -2.30. The van der Waals surface area contributed by atoms with Crippen LogP contribution >= 0.6 is 0 Å². The van der Waals surface area contributed by atoms with Crippen LogP contribution in [0.3, 0.4) is 0 Å². The summed E-state index contributed by atoms with van der Waals surface area (Å²) in [6.45, 7) is 6.97. The first-order valence-corrected chi connectivity index (χ1v) is 7.36. The second kappa shape index (κ2) is 5.53. The van der Waals surface area contributed by atoms with Crippen LogP contribution in [0.5, 0.6) is 0 Å². The molecule has 0 N–H and O–H groups in total. The summed E-state index contributed by atoms with van der Waals surface area (Å²) >= 11 is 0. The van der Waals surface area contributed by atoms with Gasteiger partial charge >= 0.3 is 0 Å². The van der Waals surface area contributed by atoms with Crippen LogP contribution in [-0.2, 0) is 4.74 Å². The van der Waals surface area contributed by atoms with Gasteiger partial charge in [-0.05, 0) is 50.4 Å². The minimum atomic E-state index is 0.518. The zero-order valence-corrected chi connectivity index (χ0v) is 11.2. The first kappa shape index (κ1) is 12.4. The van der Waals surface area contributed by atoms with Gasteiger partial charge in [0.15, 0.2) is 0 Å². The number of hydrogen-bond donors (Lipinski definition) is 0. The smallest absolute Gasteiger partial charge is 0.0610 e. The Morgan fingerprint density at radius 3 is 2.38 bits per heavy atom. The molecule has 3 unspecified atom stereocenters. The van der Waals surface area contributed by atoms with Crippen LogP contribution in [-0.4, -0.2) is 12.2 Å². The Kier molecular flexibility index (Phi) is 4.29. The van der Waals surface area contributed by atoms with Crippen molar-refractivity contribution >= 4 is 0 Å². The average Bonchev–Trinajstić information content (AvgIpc) is 2.62. The molecule has 94 valence electrons. The van der Waals surface area contributed by atoms with Gasteiger partial charge in [-0.25, -0.2) is 0 Å². The van der Waals surface area contributed by atoms with E-state index >= 15 is 0 Å². The molecule has 1 heterocycles. The molecule has 1 saturated heterocycles. The summed E-state index contributed by atoms with van der Waals surface area (Å²) in [6.07, 6.45) is 10.8. The Balaban J connectivity index is 1.83. The van der Waals surface area contributed by atoms with Gasteiger partial charge in [0.1, 0.15) is 0 Å². The lowest BCUT2D eigenvalue weighted by atomic mass is 9.78. The molecule has 1 aliphatic carbocycles. The summed E-state index contributed by atoms with van der Waals surface area (Å²) < 4.78 is 6.20. The molecule has 0 bridgehead atoms. The van der Waals surface area contributed by atoms with Crippen molar-refractivity contribution in [3.8, 4) is 0 Å². The van der Waals surface area contributed by atoms with Gasteiger partial charge in [-0.1, -0.05) is 33.1 Å². The predicted molar refractivity (Wildman–Crippen MR) is 68.5 cm³/mol. The molecule has 1 heteroatoms. The van der Waals surface area contributed by atoms with Gasteiger partial charge in [0.05, 0.1) is 12.2 Å². The van der Waals surface area contributed by atoms with Crippen LogP contribution in [0, 0.1) is 17.8 Å². The second-order valence-corrected chi connectivity index (χ2v) is 6.18. The Bertz CT molecular complexity index is 205. The van der Waals surface area contributed by atoms with Crippen LogP contribution in [0.25, 0.3) is 0 Å². The van der Waals surface area contributed by atoms with Crippen molar-refractivity contribution in [3.63, 3.8) is 0 Å². The maximum absolute atomic E-state index is 6.20. The minimum Gasteiger partial charge on any atom is -0.375 e. The fourth-order valence-electron chi connectivity index (χ4n) is 3.62. The SMILES string of the molecule is CCCC1CC(C2CCC(C)CC2)OC1C. The van der Waals surface area contributed by atoms with Gasteiger partial charge in [0, 0.05) is 0 Å². The van der Waals surface area contributed by atoms with Gasteiger partial charge in [0.25, 0.3) is 0 Å². The maximum atomic E-state index is 6.20. The van der Waals surface area contributed by atoms with E-state index in [4.69, 9.17) is 4.74 Å². The normalized spacial score (nSPS) is 44.8. The molecule has 2 fully saturated rings. The molecule has 0 amide bonds. The minimum absolute atomic E-state index is 0.518. The Morgan fingerprint density at radius 1 is 1.06 bits per heavy atom. The average molecular weight is 224 g/mol. The van der Waals surface area contributed by atoms with Gasteiger partial charge in [-0.2, -0.15) is 0 Å². The quantitative estimate of drug-likeness (QED) is 0.690. The monoisotopic (exact) mass is 224 g/mol. The molecule has 1 nitrogen and oxygen atoms in total. The third-order valence-electron chi connectivity index (χ3n) is 4.83. The summed E-state index contributed by atoms with van der Waals surface area (Å²) in [5, 5.41) is 0. The van der Waals surface area contributed by atoms with Crippen LogP contribution in [0.1, 0.15) is 65.7 Å². The number of ether oxygens (including phenoxy) is 1. The lowest BCUT2D eigenvalue weighted by molar-refractivity contribution is -0.000900. The molecule has 2 rings (SSSR count). The molecule has 0 aromatic heterocycles. The molecule has 1 saturated carbocycles. The van der Waals surface area contributed by atoms with E-state index in [1.54, 1.807) is 0 Å². The lowest BCUT2D eigenvalue weighted by Crippen LogP contribution is -2.25. The largest absolute Gasteiger partial charge is 0.375 e. The Morgan fingerprint density at radius 2 is 1.75 bits per heavy atom. The summed E-state index contributed by atoms with van der Waals surface area (Å²) in [4.78, 5) is 0. The molecule has 2 aliphatic rings. The highest BCUT2D eigenvalue weighted by Gasteiger charge is 2.37. The van der Waals surface area contributed by atoms with Crippen molar-refractivity contribution in [3.05, 3.63) is 0 Å². The van der Waals surface area contributed by atoms with Crippen LogP contribution in [0.2, 0.25) is 0 Å². The fourth-order valence-corrected chi connectivity index (χ4v) is 3.62. The molecule has 3 atom stereocenters. The molecular formula is C15H28O. The van der Waals surface area contributed by atoms with Crippen LogP contribution in [0.15, 0.2) is 0 Å². The molecule has 16 heavy (non-hydrogen) atoms. The molecule has 1 aliphatic heterocycles. The van der Waals surface area contributed by atoms with E-state index in [0.717, 1.165) is 17.8 Å². The first-order chi connectivity index (χ1) is 7.70. The summed E-state index contributed by atoms with van der Waals surface area (Å²) in [7, 11) is 0. The van der Waals surface area contributed by atoms with Crippen molar-refractivity contribution in [2.24, 2.45) is 17.8 Å². The van der Waals surface area contributed by atoms with Crippen molar-refractivity contribution < 1.29 is 4.74 Å². The molecule has 0 aromatic carbocycles. The van der Waals surface area contributed by atoms with Crippen molar-refractivity contribution in [1.29, 1.82) is 0 Å². The Labute approximate surface area is 101 Å². The molecule has 0 radical (unpaired) electrons. The van der Waals surface area contributed by atoms with Gasteiger partial charge in [-0.3, -0.25) is 0 Å². The topological polar surface area (TPSA) is 9.23 Å². The zero-order chi connectivity index (χ0) is 11.5. The summed E-state index contributed by atoms with van der Waals surface area (Å²) in [5.74, 6) is 2.68. The summed E-state index contributed by atoms with van der Waals surface area (Å²) in [6, 6.07) is 0. The predicted octanol–water partition coefficient (Wildman–Crippen LogP) is 4.41. The van der Waals surface area contributed by atoms with Crippen molar-refractivity contribution in [2.75, 3.05) is 0 Å². The highest BCUT2D eigenvalue weighted by molar-refractivity contribution is 4.86. The fraction of sp³-hybridized carbons (Fsp3) is 1.00. The Hall–Kier alpha value is -0.0400. The van der Waals surface area contributed by atoms with Crippen molar-refractivity contribution in [2.45, 2.75) is 77.9 Å². The van der Waals surface area contributed by atoms with Crippen LogP contribution < -0.4 is 0 Å². The second-order valence-electron chi connectivity index (χ2n) is 6.18. The summed E-state index contributed by atoms with van der Waals surface area (Å²) in [5.41, 5.74) is 0. The van der Waals surface area contributed by atoms with E-state index in [1.807, 2.05) is 0 Å². The van der Waals surface area contributed by atoms with E-state index < -0.39 is 0 Å². The first-order valence-electron chi connectivity index (χ1n) is 7.36. The van der Waals surface area contributed by atoms with E-state index in [9.17, 15) is 0 Å². The van der Waals surface area contributed by atoms with Gasteiger partial charge in [-0.15, -0.1) is 0 Å². The van der Waals surface area contributed by atoms with E-state index in [0.29, 0.717) is 12.2 Å². The maximum Gasteiger partial charge on any atom is 0.0610 e. The van der Waals surface area contributed by atoms with Gasteiger partial charge in [0.2, 0.25) is 0 Å². The van der Waals surface area contributed by atoms with E-state index in [-0.39, 0.29) is 0 Å². The highest BCUT2D eigenvalue weighted by atomic mass is 16.5. The van der Waals surface area contributed by atoms with E-state index in [2.05, 4.69) is 20.8 Å². The van der Waals surface area contributed by atoms with Crippen LogP contribution in [0.4, 0.5) is 0 Å². The molecule has 0 aromatic rings. The number of rotatable bonds is 3. The number of hydrogen-bond acceptors (Lipinski definition) is 1. The van der Waals surface area contributed by atoms with Gasteiger partial charge < -0.3 is 4.74 Å². The highest BCUT2D eigenvalue weighted by Crippen LogP contribution is 2.39. The van der Waals surface area contributed by atoms with Crippen molar-refractivity contribution in [1.82, 2.24) is 0 Å². The molecular weight excluding hydrogens is 196 g/mol.